The molecule has 1 aliphatic carbocycles. The summed E-state index contributed by atoms with van der Waals surface area (Å²) in [6, 6.07) is 6.42. The van der Waals surface area contributed by atoms with Crippen molar-refractivity contribution in [2.45, 2.75) is 52.1 Å². The fraction of sp³-hybridized carbons (Fsp3) is 0.526. The second-order valence-electron chi connectivity index (χ2n) is 6.82. The van der Waals surface area contributed by atoms with Crippen molar-refractivity contribution in [2.75, 3.05) is 6.61 Å². The Balaban J connectivity index is 1.67. The minimum Gasteiger partial charge on any atom is -0.396 e. The van der Waals surface area contributed by atoms with Gasteiger partial charge in [-0.1, -0.05) is 6.07 Å². The molecule has 5 heteroatoms. The van der Waals surface area contributed by atoms with E-state index < -0.39 is 0 Å². The molecule has 3 rings (SSSR count). The van der Waals surface area contributed by atoms with Crippen LogP contribution in [-0.2, 0) is 6.54 Å². The number of aliphatic hydroxyl groups is 1. The predicted octanol–water partition coefficient (Wildman–Crippen LogP) is 3.50. The third-order valence-corrected chi connectivity index (χ3v) is 6.01. The highest BCUT2D eigenvalue weighted by atomic mass is 32.1. The molecule has 4 nitrogen and oxygen atoms in total. The second kappa shape index (κ2) is 7.53. The molecule has 0 radical (unpaired) electrons. The number of thiophene rings is 1. The average molecular weight is 346 g/mol. The van der Waals surface area contributed by atoms with Crippen LogP contribution < -0.4 is 5.32 Å². The highest BCUT2D eigenvalue weighted by molar-refractivity contribution is 7.09. The van der Waals surface area contributed by atoms with Crippen molar-refractivity contribution in [1.82, 2.24) is 9.88 Å². The van der Waals surface area contributed by atoms with Gasteiger partial charge in [-0.05, 0) is 63.0 Å². The topological polar surface area (TPSA) is 54.3 Å². The largest absolute Gasteiger partial charge is 0.396 e. The van der Waals surface area contributed by atoms with Crippen LogP contribution in [0, 0.1) is 19.8 Å². The summed E-state index contributed by atoms with van der Waals surface area (Å²) in [5, 5.41) is 14.5. The number of aliphatic hydroxyl groups excluding tert-OH is 1. The number of aromatic nitrogens is 1. The maximum Gasteiger partial charge on any atom is 0.253 e. The summed E-state index contributed by atoms with van der Waals surface area (Å²) in [5.74, 6) is 0.446. The van der Waals surface area contributed by atoms with Crippen molar-refractivity contribution in [1.29, 1.82) is 0 Å². The third kappa shape index (κ3) is 3.73. The Bertz CT molecular complexity index is 683. The van der Waals surface area contributed by atoms with Crippen LogP contribution in [0.3, 0.4) is 0 Å². The summed E-state index contributed by atoms with van der Waals surface area (Å²) in [6.45, 7) is 5.18. The van der Waals surface area contributed by atoms with E-state index in [1.54, 1.807) is 11.3 Å². The van der Waals surface area contributed by atoms with Gasteiger partial charge < -0.3 is 15.0 Å². The molecule has 1 fully saturated rings. The Morgan fingerprint density at radius 3 is 2.71 bits per heavy atom. The van der Waals surface area contributed by atoms with Crippen molar-refractivity contribution in [2.24, 2.45) is 5.92 Å². The molecule has 0 spiro atoms. The molecule has 2 aromatic rings. The van der Waals surface area contributed by atoms with Crippen LogP contribution in [-0.4, -0.2) is 28.2 Å². The summed E-state index contributed by atoms with van der Waals surface area (Å²) in [7, 11) is 0. The molecule has 2 N–H and O–H groups in total. The monoisotopic (exact) mass is 346 g/mol. The van der Waals surface area contributed by atoms with Crippen LogP contribution in [0.2, 0.25) is 0 Å². The number of nitrogens with one attached hydrogen (secondary N) is 1. The predicted molar refractivity (Wildman–Crippen MR) is 97.6 cm³/mol. The van der Waals surface area contributed by atoms with E-state index in [0.717, 1.165) is 49.2 Å². The van der Waals surface area contributed by atoms with Crippen LogP contribution in [0.25, 0.3) is 0 Å². The molecular formula is C19H26N2O2S. The van der Waals surface area contributed by atoms with Crippen LogP contribution >= 0.6 is 11.3 Å². The van der Waals surface area contributed by atoms with Gasteiger partial charge in [-0.2, -0.15) is 0 Å². The van der Waals surface area contributed by atoms with Gasteiger partial charge >= 0.3 is 0 Å². The van der Waals surface area contributed by atoms with Gasteiger partial charge in [0.25, 0.3) is 5.91 Å². The molecule has 0 bridgehead atoms. The summed E-state index contributed by atoms with van der Waals surface area (Å²) in [6.07, 6.45) is 3.92. The van der Waals surface area contributed by atoms with Gasteiger partial charge in [-0.15, -0.1) is 11.3 Å². The smallest absolute Gasteiger partial charge is 0.253 e. The van der Waals surface area contributed by atoms with E-state index in [9.17, 15) is 9.90 Å². The quantitative estimate of drug-likeness (QED) is 0.871. The summed E-state index contributed by atoms with van der Waals surface area (Å²) < 4.78 is 2.21. The van der Waals surface area contributed by atoms with E-state index in [1.807, 2.05) is 13.0 Å². The van der Waals surface area contributed by atoms with Gasteiger partial charge in [0.2, 0.25) is 0 Å². The van der Waals surface area contributed by atoms with E-state index >= 15 is 0 Å². The molecule has 0 aliphatic heterocycles. The molecule has 0 unspecified atom stereocenters. The highest BCUT2D eigenvalue weighted by Crippen LogP contribution is 2.25. The zero-order valence-corrected chi connectivity index (χ0v) is 15.2. The van der Waals surface area contributed by atoms with Gasteiger partial charge in [0, 0.05) is 28.9 Å². The van der Waals surface area contributed by atoms with Gasteiger partial charge in [0.05, 0.1) is 12.1 Å². The molecule has 0 aromatic carbocycles. The van der Waals surface area contributed by atoms with E-state index in [4.69, 9.17) is 0 Å². The Kier molecular flexibility index (Phi) is 5.41. The molecule has 0 atom stereocenters. The number of carbonyl (C=O) groups is 1. The van der Waals surface area contributed by atoms with Crippen LogP contribution in [0.15, 0.2) is 23.6 Å². The minimum absolute atomic E-state index is 0.0352. The number of amides is 1. The van der Waals surface area contributed by atoms with Crippen molar-refractivity contribution >= 4 is 17.2 Å². The lowest BCUT2D eigenvalue weighted by molar-refractivity contribution is 0.0913. The normalized spacial score (nSPS) is 21.0. The van der Waals surface area contributed by atoms with E-state index in [2.05, 4.69) is 34.3 Å². The SMILES string of the molecule is Cc1cc(C(=O)NC2CCC(CO)CC2)c(C)n1Cc1cccs1. The molecule has 0 saturated heterocycles. The number of carbonyl (C=O) groups excluding carboxylic acids is 1. The zero-order chi connectivity index (χ0) is 17.1. The van der Waals surface area contributed by atoms with Gasteiger partial charge in [-0.25, -0.2) is 0 Å². The third-order valence-electron chi connectivity index (χ3n) is 5.15. The van der Waals surface area contributed by atoms with E-state index in [-0.39, 0.29) is 18.6 Å². The Morgan fingerprint density at radius 1 is 1.33 bits per heavy atom. The molecule has 1 amide bonds. The first kappa shape index (κ1) is 17.2. The van der Waals surface area contributed by atoms with Crippen molar-refractivity contribution in [3.8, 4) is 0 Å². The molecular weight excluding hydrogens is 320 g/mol. The highest BCUT2D eigenvalue weighted by Gasteiger charge is 2.24. The molecule has 2 heterocycles. The van der Waals surface area contributed by atoms with Crippen LogP contribution in [0.1, 0.15) is 52.3 Å². The standard InChI is InChI=1S/C19H26N2O2S/c1-13-10-18(14(2)21(13)11-17-4-3-9-24-17)19(23)20-16-7-5-15(12-22)6-8-16/h3-4,9-10,15-16,22H,5-8,11-12H2,1-2H3,(H,20,23). The molecule has 2 aromatic heterocycles. The number of hydrogen-bond acceptors (Lipinski definition) is 3. The fourth-order valence-electron chi connectivity index (χ4n) is 3.59. The zero-order valence-electron chi connectivity index (χ0n) is 14.4. The fourth-order valence-corrected chi connectivity index (χ4v) is 4.28. The van der Waals surface area contributed by atoms with E-state index in [0.29, 0.717) is 5.92 Å². The second-order valence-corrected chi connectivity index (χ2v) is 7.86. The number of hydrogen-bond donors (Lipinski definition) is 2. The van der Waals surface area contributed by atoms with Crippen molar-refractivity contribution < 1.29 is 9.90 Å². The number of rotatable bonds is 5. The van der Waals surface area contributed by atoms with Gasteiger partial charge in [0.1, 0.15) is 0 Å². The summed E-state index contributed by atoms with van der Waals surface area (Å²) in [5.41, 5.74) is 2.94. The Hall–Kier alpha value is -1.59. The van der Waals surface area contributed by atoms with Gasteiger partial charge in [-0.3, -0.25) is 4.79 Å². The lowest BCUT2D eigenvalue weighted by Crippen LogP contribution is -2.38. The van der Waals surface area contributed by atoms with Crippen molar-refractivity contribution in [3.63, 3.8) is 0 Å². The summed E-state index contributed by atoms with van der Waals surface area (Å²) >= 11 is 1.74. The lowest BCUT2D eigenvalue weighted by Gasteiger charge is -2.27. The maximum absolute atomic E-state index is 12.7. The molecule has 1 saturated carbocycles. The molecule has 130 valence electrons. The summed E-state index contributed by atoms with van der Waals surface area (Å²) in [4.78, 5) is 14.0. The first-order chi connectivity index (χ1) is 11.6. The first-order valence-electron chi connectivity index (χ1n) is 8.69. The van der Waals surface area contributed by atoms with Crippen molar-refractivity contribution in [3.05, 3.63) is 45.4 Å². The molecule has 24 heavy (non-hydrogen) atoms. The lowest BCUT2D eigenvalue weighted by atomic mass is 9.86. The minimum atomic E-state index is 0.0352. The van der Waals surface area contributed by atoms with E-state index in [1.165, 1.54) is 4.88 Å². The Morgan fingerprint density at radius 2 is 2.08 bits per heavy atom. The average Bonchev–Trinajstić information content (AvgIpc) is 3.19. The Labute approximate surface area is 147 Å². The number of nitrogens with zero attached hydrogens (tertiary/aromatic N) is 1. The first-order valence-corrected chi connectivity index (χ1v) is 9.57. The van der Waals surface area contributed by atoms with Crippen LogP contribution in [0.5, 0.6) is 0 Å². The van der Waals surface area contributed by atoms with Gasteiger partial charge in [0.15, 0.2) is 0 Å². The number of aryl methyl sites for hydroxylation is 1. The van der Waals surface area contributed by atoms with Crippen LogP contribution in [0.4, 0.5) is 0 Å². The molecule has 1 aliphatic rings. The maximum atomic E-state index is 12.7.